The molecule has 7 nitrogen and oxygen atoms in total. The summed E-state index contributed by atoms with van der Waals surface area (Å²) >= 11 is 0. The van der Waals surface area contributed by atoms with E-state index in [0.717, 1.165) is 48.8 Å². The van der Waals surface area contributed by atoms with E-state index in [2.05, 4.69) is 31.6 Å². The van der Waals surface area contributed by atoms with E-state index in [1.54, 1.807) is 0 Å². The van der Waals surface area contributed by atoms with Crippen LogP contribution in [0.15, 0.2) is 10.6 Å². The Labute approximate surface area is 147 Å². The highest BCUT2D eigenvalue weighted by atomic mass is 16.5. The van der Waals surface area contributed by atoms with Crippen LogP contribution < -0.4 is 10.2 Å². The molecule has 1 saturated carbocycles. The summed E-state index contributed by atoms with van der Waals surface area (Å²) in [5.74, 6) is 2.51. The van der Waals surface area contributed by atoms with Gasteiger partial charge in [0, 0.05) is 42.4 Å². The fourth-order valence-electron chi connectivity index (χ4n) is 3.54. The van der Waals surface area contributed by atoms with Crippen LogP contribution in [0.4, 0.5) is 5.82 Å². The molecule has 1 aliphatic heterocycles. The minimum atomic E-state index is 0.0450. The second kappa shape index (κ2) is 6.54. The number of H-pyrrole nitrogens is 1. The van der Waals surface area contributed by atoms with Gasteiger partial charge in [-0.15, -0.1) is 0 Å². The second-order valence-corrected chi connectivity index (χ2v) is 7.26. The zero-order chi connectivity index (χ0) is 17.4. The molecule has 2 aromatic rings. The molecule has 4 rings (SSSR count). The Hall–Kier alpha value is -2.31. The molecule has 0 spiro atoms. The van der Waals surface area contributed by atoms with Crippen LogP contribution in [-0.4, -0.2) is 40.4 Å². The molecule has 2 N–H and O–H groups in total. The summed E-state index contributed by atoms with van der Waals surface area (Å²) < 4.78 is 5.13. The lowest BCUT2D eigenvalue weighted by molar-refractivity contribution is -0.121. The Morgan fingerprint density at radius 1 is 1.32 bits per heavy atom. The van der Waals surface area contributed by atoms with Crippen molar-refractivity contribution in [2.45, 2.75) is 57.9 Å². The van der Waals surface area contributed by atoms with Gasteiger partial charge in [0.15, 0.2) is 5.82 Å². The summed E-state index contributed by atoms with van der Waals surface area (Å²) in [4.78, 5) is 14.6. The lowest BCUT2D eigenvalue weighted by Gasteiger charge is -2.32. The number of aromatic nitrogens is 3. The van der Waals surface area contributed by atoms with Crippen molar-refractivity contribution < 1.29 is 9.32 Å². The van der Waals surface area contributed by atoms with Crippen molar-refractivity contribution in [2.75, 3.05) is 18.0 Å². The van der Waals surface area contributed by atoms with E-state index in [-0.39, 0.29) is 11.9 Å². The minimum Gasteiger partial charge on any atom is -0.361 e. The molecule has 25 heavy (non-hydrogen) atoms. The first-order chi connectivity index (χ1) is 12.1. The number of aromatic amines is 1. The molecule has 0 bridgehead atoms. The number of nitrogens with zero attached hydrogens (tertiary/aromatic N) is 3. The van der Waals surface area contributed by atoms with Crippen LogP contribution in [0.25, 0.3) is 0 Å². The number of aryl methyl sites for hydroxylation is 2. The predicted molar refractivity (Wildman–Crippen MR) is 93.6 cm³/mol. The lowest BCUT2D eigenvalue weighted by atomic mass is 10.0. The zero-order valence-electron chi connectivity index (χ0n) is 14.8. The molecule has 2 fully saturated rings. The highest BCUT2D eigenvalue weighted by Gasteiger charge is 2.28. The van der Waals surface area contributed by atoms with Crippen molar-refractivity contribution in [1.82, 2.24) is 20.7 Å². The maximum absolute atomic E-state index is 12.3. The molecular weight excluding hydrogens is 318 g/mol. The Balaban J connectivity index is 1.27. The van der Waals surface area contributed by atoms with E-state index in [9.17, 15) is 4.79 Å². The number of amides is 1. The normalized spacial score (nSPS) is 18.6. The average molecular weight is 343 g/mol. The fraction of sp³-hybridized carbons (Fsp3) is 0.611. The molecule has 7 heteroatoms. The number of carbonyl (C=O) groups is 1. The number of hydrogen-bond acceptors (Lipinski definition) is 5. The number of carbonyl (C=O) groups excluding carboxylic acids is 1. The SMILES string of the molecule is Cc1noc(C)c1CC(=O)NC1CCN(c2cc(C3CC3)[nH]n2)CC1. The standard InChI is InChI=1S/C18H25N5O2/c1-11-15(12(2)25-22-11)9-18(24)19-14-5-7-23(8-6-14)17-10-16(20-21-17)13-3-4-13/h10,13-14H,3-9H2,1-2H3,(H,19,24)(H,20,21). The van der Waals surface area contributed by atoms with E-state index in [4.69, 9.17) is 4.52 Å². The van der Waals surface area contributed by atoms with Gasteiger partial charge >= 0.3 is 0 Å². The van der Waals surface area contributed by atoms with Crippen molar-refractivity contribution in [3.05, 3.63) is 28.8 Å². The van der Waals surface area contributed by atoms with E-state index in [0.29, 0.717) is 12.3 Å². The van der Waals surface area contributed by atoms with Gasteiger partial charge < -0.3 is 14.7 Å². The highest BCUT2D eigenvalue weighted by Crippen LogP contribution is 2.40. The predicted octanol–water partition coefficient (Wildman–Crippen LogP) is 2.22. The molecule has 2 aliphatic rings. The third-order valence-corrected chi connectivity index (χ3v) is 5.30. The molecule has 0 atom stereocenters. The second-order valence-electron chi connectivity index (χ2n) is 7.26. The smallest absolute Gasteiger partial charge is 0.224 e. The van der Waals surface area contributed by atoms with Crippen molar-refractivity contribution in [2.24, 2.45) is 0 Å². The minimum absolute atomic E-state index is 0.0450. The molecule has 1 amide bonds. The maximum Gasteiger partial charge on any atom is 0.224 e. The Morgan fingerprint density at radius 3 is 2.72 bits per heavy atom. The number of hydrogen-bond donors (Lipinski definition) is 2. The van der Waals surface area contributed by atoms with E-state index in [1.165, 1.54) is 18.5 Å². The third kappa shape index (κ3) is 3.55. The van der Waals surface area contributed by atoms with Crippen LogP contribution in [0.5, 0.6) is 0 Å². The van der Waals surface area contributed by atoms with Crippen molar-refractivity contribution in [3.63, 3.8) is 0 Å². The van der Waals surface area contributed by atoms with Gasteiger partial charge in [-0.25, -0.2) is 0 Å². The van der Waals surface area contributed by atoms with Gasteiger partial charge in [0.25, 0.3) is 0 Å². The molecule has 134 valence electrons. The molecule has 3 heterocycles. The topological polar surface area (TPSA) is 87.0 Å². The summed E-state index contributed by atoms with van der Waals surface area (Å²) in [5.41, 5.74) is 2.97. The monoisotopic (exact) mass is 343 g/mol. The summed E-state index contributed by atoms with van der Waals surface area (Å²) in [6.45, 7) is 5.56. The largest absolute Gasteiger partial charge is 0.361 e. The Morgan fingerprint density at radius 2 is 2.08 bits per heavy atom. The highest BCUT2D eigenvalue weighted by molar-refractivity contribution is 5.79. The van der Waals surface area contributed by atoms with Gasteiger partial charge in [0.05, 0.1) is 12.1 Å². The van der Waals surface area contributed by atoms with Gasteiger partial charge in [-0.2, -0.15) is 5.10 Å². The van der Waals surface area contributed by atoms with E-state index in [1.807, 2.05) is 13.8 Å². The maximum atomic E-state index is 12.3. The number of nitrogens with one attached hydrogen (secondary N) is 2. The van der Waals surface area contributed by atoms with Gasteiger partial charge in [-0.05, 0) is 39.5 Å². The summed E-state index contributed by atoms with van der Waals surface area (Å²) in [6, 6.07) is 2.42. The Kier molecular flexibility index (Phi) is 4.23. The summed E-state index contributed by atoms with van der Waals surface area (Å²) in [5, 5.41) is 14.7. The van der Waals surface area contributed by atoms with E-state index < -0.39 is 0 Å². The molecule has 0 radical (unpaired) electrons. The van der Waals surface area contributed by atoms with Gasteiger partial charge in [0.2, 0.25) is 5.91 Å². The molecule has 1 saturated heterocycles. The van der Waals surface area contributed by atoms with Gasteiger partial charge in [-0.3, -0.25) is 9.89 Å². The van der Waals surface area contributed by atoms with Crippen molar-refractivity contribution in [1.29, 1.82) is 0 Å². The first kappa shape index (κ1) is 16.2. The van der Waals surface area contributed by atoms with Crippen LogP contribution in [0, 0.1) is 13.8 Å². The molecule has 0 aromatic carbocycles. The first-order valence-corrected chi connectivity index (χ1v) is 9.11. The molecule has 1 aliphatic carbocycles. The lowest BCUT2D eigenvalue weighted by Crippen LogP contribution is -2.45. The number of rotatable bonds is 5. The van der Waals surface area contributed by atoms with Gasteiger partial charge in [0.1, 0.15) is 5.76 Å². The zero-order valence-corrected chi connectivity index (χ0v) is 14.8. The quantitative estimate of drug-likeness (QED) is 0.869. The van der Waals surface area contributed by atoms with Crippen molar-refractivity contribution >= 4 is 11.7 Å². The average Bonchev–Trinajstić information content (AvgIpc) is 3.26. The van der Waals surface area contributed by atoms with Gasteiger partial charge in [-0.1, -0.05) is 5.16 Å². The summed E-state index contributed by atoms with van der Waals surface area (Å²) in [7, 11) is 0. The third-order valence-electron chi connectivity index (χ3n) is 5.30. The van der Waals surface area contributed by atoms with Crippen LogP contribution in [0.3, 0.4) is 0 Å². The van der Waals surface area contributed by atoms with Crippen molar-refractivity contribution in [3.8, 4) is 0 Å². The van der Waals surface area contributed by atoms with Crippen LogP contribution in [0.2, 0.25) is 0 Å². The number of anilines is 1. The molecular formula is C18H25N5O2. The van der Waals surface area contributed by atoms with E-state index >= 15 is 0 Å². The Bertz CT molecular complexity index is 734. The fourth-order valence-corrected chi connectivity index (χ4v) is 3.54. The molecule has 2 aromatic heterocycles. The number of piperidine rings is 1. The summed E-state index contributed by atoms with van der Waals surface area (Å²) in [6.07, 6.45) is 4.78. The van der Waals surface area contributed by atoms with Crippen LogP contribution in [0.1, 0.15) is 54.3 Å². The van der Waals surface area contributed by atoms with Crippen LogP contribution >= 0.6 is 0 Å². The van der Waals surface area contributed by atoms with Crippen LogP contribution in [-0.2, 0) is 11.2 Å². The molecule has 0 unspecified atom stereocenters. The first-order valence-electron chi connectivity index (χ1n) is 9.11.